The van der Waals surface area contributed by atoms with Crippen molar-refractivity contribution < 1.29 is 4.79 Å². The van der Waals surface area contributed by atoms with Crippen LogP contribution in [-0.4, -0.2) is 23.8 Å². The average Bonchev–Trinajstić information content (AvgIpc) is 2.70. The molecule has 1 aliphatic rings. The molecular formula is C14H20N2O. The summed E-state index contributed by atoms with van der Waals surface area (Å²) in [5.41, 5.74) is 9.00. The van der Waals surface area contributed by atoms with Crippen LogP contribution in [0.3, 0.4) is 0 Å². The fraction of sp³-hybridized carbons (Fsp3) is 0.500. The monoisotopic (exact) mass is 232 g/mol. The maximum atomic E-state index is 11.3. The van der Waals surface area contributed by atoms with Crippen LogP contribution in [0.4, 0.5) is 0 Å². The lowest BCUT2D eigenvalue weighted by Crippen LogP contribution is -2.18. The molecule has 0 atom stereocenters. The zero-order valence-electron chi connectivity index (χ0n) is 10.4. The van der Waals surface area contributed by atoms with Crippen LogP contribution in [0.2, 0.25) is 0 Å². The Kier molecular flexibility index (Phi) is 3.92. The average molecular weight is 232 g/mol. The fourth-order valence-electron chi connectivity index (χ4n) is 2.32. The molecule has 1 aliphatic heterocycles. The summed E-state index contributed by atoms with van der Waals surface area (Å²) in [6, 6.07) is 6.07. The first-order chi connectivity index (χ1) is 8.20. The van der Waals surface area contributed by atoms with Crippen LogP contribution in [-0.2, 0) is 13.1 Å². The number of fused-ring (bicyclic) bond motifs is 1. The van der Waals surface area contributed by atoms with Crippen LogP contribution in [0.15, 0.2) is 18.2 Å². The SMILES string of the molecule is CC(=O)c1ccc2c(c1)CN(CCCCN)C2. The van der Waals surface area contributed by atoms with Crippen molar-refractivity contribution in [1.29, 1.82) is 0 Å². The number of hydrogen-bond acceptors (Lipinski definition) is 3. The largest absolute Gasteiger partial charge is 0.330 e. The summed E-state index contributed by atoms with van der Waals surface area (Å²) >= 11 is 0. The molecule has 0 aliphatic carbocycles. The number of ketones is 1. The summed E-state index contributed by atoms with van der Waals surface area (Å²) in [5, 5.41) is 0. The molecular weight excluding hydrogens is 212 g/mol. The van der Waals surface area contributed by atoms with E-state index in [1.54, 1.807) is 6.92 Å². The van der Waals surface area contributed by atoms with E-state index in [1.165, 1.54) is 11.1 Å². The topological polar surface area (TPSA) is 46.3 Å². The van der Waals surface area contributed by atoms with Gasteiger partial charge in [0.1, 0.15) is 0 Å². The van der Waals surface area contributed by atoms with E-state index in [1.807, 2.05) is 12.1 Å². The Balaban J connectivity index is 1.99. The van der Waals surface area contributed by atoms with Gasteiger partial charge < -0.3 is 5.73 Å². The molecule has 2 N–H and O–H groups in total. The lowest BCUT2D eigenvalue weighted by Gasteiger charge is -2.13. The molecule has 0 saturated heterocycles. The van der Waals surface area contributed by atoms with Gasteiger partial charge in [-0.3, -0.25) is 9.69 Å². The minimum atomic E-state index is 0.148. The van der Waals surface area contributed by atoms with Crippen LogP contribution in [0, 0.1) is 0 Å². The molecule has 1 heterocycles. The molecule has 3 nitrogen and oxygen atoms in total. The highest BCUT2D eigenvalue weighted by Gasteiger charge is 2.18. The third kappa shape index (κ3) is 2.93. The highest BCUT2D eigenvalue weighted by molar-refractivity contribution is 5.94. The normalized spacial score (nSPS) is 14.9. The smallest absolute Gasteiger partial charge is 0.159 e. The van der Waals surface area contributed by atoms with Crippen LogP contribution in [0.1, 0.15) is 41.3 Å². The van der Waals surface area contributed by atoms with Gasteiger partial charge >= 0.3 is 0 Å². The molecule has 1 aromatic carbocycles. The Morgan fingerprint density at radius 2 is 2.06 bits per heavy atom. The first-order valence-electron chi connectivity index (χ1n) is 6.26. The maximum Gasteiger partial charge on any atom is 0.159 e. The van der Waals surface area contributed by atoms with E-state index in [4.69, 9.17) is 5.73 Å². The van der Waals surface area contributed by atoms with E-state index in [2.05, 4.69) is 11.0 Å². The molecule has 0 radical (unpaired) electrons. The Morgan fingerprint density at radius 1 is 1.29 bits per heavy atom. The van der Waals surface area contributed by atoms with E-state index >= 15 is 0 Å². The van der Waals surface area contributed by atoms with Crippen molar-refractivity contribution in [2.75, 3.05) is 13.1 Å². The van der Waals surface area contributed by atoms with Crippen LogP contribution in [0.25, 0.3) is 0 Å². The summed E-state index contributed by atoms with van der Waals surface area (Å²) in [6.07, 6.45) is 2.25. The van der Waals surface area contributed by atoms with Crippen LogP contribution in [0.5, 0.6) is 0 Å². The van der Waals surface area contributed by atoms with Crippen molar-refractivity contribution in [2.45, 2.75) is 32.9 Å². The first-order valence-corrected chi connectivity index (χ1v) is 6.26. The number of rotatable bonds is 5. The number of carbonyl (C=O) groups is 1. The zero-order valence-corrected chi connectivity index (χ0v) is 10.4. The first kappa shape index (κ1) is 12.3. The highest BCUT2D eigenvalue weighted by atomic mass is 16.1. The summed E-state index contributed by atoms with van der Waals surface area (Å²) in [6.45, 7) is 5.48. The van der Waals surface area contributed by atoms with Crippen molar-refractivity contribution in [3.05, 3.63) is 34.9 Å². The molecule has 17 heavy (non-hydrogen) atoms. The van der Waals surface area contributed by atoms with Crippen molar-refractivity contribution in [3.63, 3.8) is 0 Å². The van der Waals surface area contributed by atoms with E-state index < -0.39 is 0 Å². The predicted octanol–water partition coefficient (Wildman–Crippen LogP) is 1.94. The van der Waals surface area contributed by atoms with Gasteiger partial charge in [-0.15, -0.1) is 0 Å². The van der Waals surface area contributed by atoms with Gasteiger partial charge in [0.25, 0.3) is 0 Å². The second-order valence-electron chi connectivity index (χ2n) is 4.75. The van der Waals surface area contributed by atoms with Gasteiger partial charge in [-0.05, 0) is 50.0 Å². The van der Waals surface area contributed by atoms with Crippen LogP contribution < -0.4 is 5.73 Å². The number of benzene rings is 1. The van der Waals surface area contributed by atoms with Crippen molar-refractivity contribution in [3.8, 4) is 0 Å². The Morgan fingerprint density at radius 3 is 2.76 bits per heavy atom. The number of carbonyl (C=O) groups excluding carboxylic acids is 1. The van der Waals surface area contributed by atoms with Gasteiger partial charge in [0.15, 0.2) is 5.78 Å². The lowest BCUT2D eigenvalue weighted by atomic mass is 10.0. The number of nitrogens with two attached hydrogens (primary N) is 1. The molecule has 0 bridgehead atoms. The standard InChI is InChI=1S/C14H20N2O/c1-11(17)12-4-5-13-9-16(7-3-2-6-15)10-14(13)8-12/h4-5,8H,2-3,6-7,9-10,15H2,1H3. The van der Waals surface area contributed by atoms with E-state index in [9.17, 15) is 4.79 Å². The Bertz CT molecular complexity index is 415. The lowest BCUT2D eigenvalue weighted by molar-refractivity contribution is 0.101. The van der Waals surface area contributed by atoms with Crippen molar-refractivity contribution in [2.24, 2.45) is 5.73 Å². The molecule has 0 fully saturated rings. The third-order valence-corrected chi connectivity index (χ3v) is 3.33. The molecule has 92 valence electrons. The Hall–Kier alpha value is -1.19. The molecule has 0 aromatic heterocycles. The highest BCUT2D eigenvalue weighted by Crippen LogP contribution is 2.24. The van der Waals surface area contributed by atoms with Gasteiger partial charge in [0.05, 0.1) is 0 Å². The molecule has 1 aromatic rings. The van der Waals surface area contributed by atoms with Gasteiger partial charge in [-0.25, -0.2) is 0 Å². The van der Waals surface area contributed by atoms with Crippen LogP contribution >= 0.6 is 0 Å². The maximum absolute atomic E-state index is 11.3. The van der Waals surface area contributed by atoms with Crippen molar-refractivity contribution in [1.82, 2.24) is 4.90 Å². The number of Topliss-reactive ketones (excluding diaryl/α,β-unsaturated/α-hetero) is 1. The molecule has 0 unspecified atom stereocenters. The van der Waals surface area contributed by atoms with Gasteiger partial charge in [-0.1, -0.05) is 12.1 Å². The molecule has 0 amide bonds. The predicted molar refractivity (Wildman–Crippen MR) is 68.8 cm³/mol. The van der Waals surface area contributed by atoms with Gasteiger partial charge in [0.2, 0.25) is 0 Å². The van der Waals surface area contributed by atoms with E-state index in [-0.39, 0.29) is 5.78 Å². The zero-order chi connectivity index (χ0) is 12.3. The number of unbranched alkanes of at least 4 members (excludes halogenated alkanes) is 1. The number of hydrogen-bond donors (Lipinski definition) is 1. The summed E-state index contributed by atoms with van der Waals surface area (Å²) in [7, 11) is 0. The summed E-state index contributed by atoms with van der Waals surface area (Å²) in [4.78, 5) is 13.7. The molecule has 0 saturated carbocycles. The molecule has 2 rings (SSSR count). The minimum absolute atomic E-state index is 0.148. The van der Waals surface area contributed by atoms with Gasteiger partial charge in [-0.2, -0.15) is 0 Å². The van der Waals surface area contributed by atoms with Gasteiger partial charge in [0, 0.05) is 18.7 Å². The van der Waals surface area contributed by atoms with Crippen molar-refractivity contribution >= 4 is 5.78 Å². The quantitative estimate of drug-likeness (QED) is 0.623. The summed E-state index contributed by atoms with van der Waals surface area (Å²) < 4.78 is 0. The third-order valence-electron chi connectivity index (χ3n) is 3.33. The van der Waals surface area contributed by atoms with E-state index in [0.29, 0.717) is 0 Å². The fourth-order valence-corrected chi connectivity index (χ4v) is 2.32. The second-order valence-corrected chi connectivity index (χ2v) is 4.75. The Labute approximate surface area is 103 Å². The molecule has 3 heteroatoms. The second kappa shape index (κ2) is 5.43. The van der Waals surface area contributed by atoms with E-state index in [0.717, 1.165) is 44.6 Å². The minimum Gasteiger partial charge on any atom is -0.330 e. The summed E-state index contributed by atoms with van der Waals surface area (Å²) in [5.74, 6) is 0.148. The molecule has 0 spiro atoms. The number of nitrogens with zero attached hydrogens (tertiary/aromatic N) is 1.